The number of nitrogens with zero attached hydrogens (tertiary/aromatic N) is 2. The largest absolute Gasteiger partial charge is 0.464 e. The quantitative estimate of drug-likeness (QED) is 0.395. The number of carbonyl (C=O) groups excluding carboxylic acids is 2. The van der Waals surface area contributed by atoms with Crippen molar-refractivity contribution in [1.29, 1.82) is 0 Å². The molecule has 0 aliphatic carbocycles. The van der Waals surface area contributed by atoms with Crippen LogP contribution in [0.15, 0.2) is 70.2 Å². The lowest BCUT2D eigenvalue weighted by molar-refractivity contribution is -0.113. The zero-order valence-electron chi connectivity index (χ0n) is 16.0. The molecule has 0 saturated heterocycles. The van der Waals surface area contributed by atoms with Gasteiger partial charge in [0, 0.05) is 9.37 Å². The molecular weight excluding hydrogens is 454 g/mol. The molecular formula is C21H20BrN3O3S. The van der Waals surface area contributed by atoms with Crippen LogP contribution in [0.3, 0.4) is 0 Å². The van der Waals surface area contributed by atoms with Gasteiger partial charge < -0.3 is 10.1 Å². The van der Waals surface area contributed by atoms with Crippen molar-refractivity contribution in [2.75, 3.05) is 18.2 Å². The first-order valence-electron chi connectivity index (χ1n) is 8.88. The number of ether oxygens (including phenoxy) is 1. The minimum absolute atomic E-state index is 0.0808. The first-order chi connectivity index (χ1) is 14.0. The third kappa shape index (κ3) is 5.48. The molecule has 0 fully saturated rings. The van der Waals surface area contributed by atoms with E-state index >= 15 is 0 Å². The number of aromatic nitrogens is 2. The van der Waals surface area contributed by atoms with E-state index in [-0.39, 0.29) is 23.4 Å². The molecule has 1 N–H and O–H groups in total. The molecule has 2 aromatic carbocycles. The number of benzene rings is 2. The van der Waals surface area contributed by atoms with E-state index in [0.29, 0.717) is 5.69 Å². The summed E-state index contributed by atoms with van der Waals surface area (Å²) >= 11 is 4.80. The van der Waals surface area contributed by atoms with Gasteiger partial charge in [0.25, 0.3) is 0 Å². The number of carbonyl (C=O) groups is 2. The van der Waals surface area contributed by atoms with Gasteiger partial charge >= 0.3 is 5.97 Å². The van der Waals surface area contributed by atoms with Crippen molar-refractivity contribution in [1.82, 2.24) is 9.78 Å². The summed E-state index contributed by atoms with van der Waals surface area (Å²) in [5, 5.41) is 7.13. The number of hydrogen-bond donors (Lipinski definition) is 1. The molecule has 6 nitrogen and oxygen atoms in total. The molecule has 150 valence electrons. The Hall–Kier alpha value is -2.58. The van der Waals surface area contributed by atoms with Crippen LogP contribution < -0.4 is 5.32 Å². The zero-order chi connectivity index (χ0) is 20.8. The minimum atomic E-state index is -0.597. The lowest BCUT2D eigenvalue weighted by Gasteiger charge is -2.12. The molecule has 0 saturated carbocycles. The lowest BCUT2D eigenvalue weighted by atomic mass is 10.1. The lowest BCUT2D eigenvalue weighted by Crippen LogP contribution is -2.16. The van der Waals surface area contributed by atoms with Gasteiger partial charge in [0.15, 0.2) is 5.69 Å². The second-order valence-corrected chi connectivity index (χ2v) is 8.20. The molecule has 8 heteroatoms. The molecule has 0 aliphatic rings. The smallest absolute Gasteiger partial charge is 0.360 e. The Balaban J connectivity index is 1.74. The van der Waals surface area contributed by atoms with Crippen LogP contribution in [-0.2, 0) is 9.53 Å². The maximum atomic E-state index is 12.4. The number of anilines is 1. The SMILES string of the molecule is COC(=O)c1nn(C(C)c2ccccc2)cc1NC(=O)CSc1ccc(Br)cc1. The van der Waals surface area contributed by atoms with Crippen LogP contribution in [0.5, 0.6) is 0 Å². The van der Waals surface area contributed by atoms with Crippen molar-refractivity contribution in [2.24, 2.45) is 0 Å². The van der Waals surface area contributed by atoms with Gasteiger partial charge in [0.1, 0.15) is 0 Å². The fourth-order valence-electron chi connectivity index (χ4n) is 2.68. The summed E-state index contributed by atoms with van der Waals surface area (Å²) in [5.74, 6) is -0.614. The summed E-state index contributed by atoms with van der Waals surface area (Å²) in [6, 6.07) is 17.4. The monoisotopic (exact) mass is 473 g/mol. The highest BCUT2D eigenvalue weighted by Gasteiger charge is 2.21. The second-order valence-electron chi connectivity index (χ2n) is 6.24. The Morgan fingerprint density at radius 1 is 1.17 bits per heavy atom. The van der Waals surface area contributed by atoms with Crippen molar-refractivity contribution in [2.45, 2.75) is 17.9 Å². The first-order valence-corrected chi connectivity index (χ1v) is 10.7. The van der Waals surface area contributed by atoms with E-state index in [1.165, 1.54) is 18.9 Å². The van der Waals surface area contributed by atoms with Crippen LogP contribution in [0, 0.1) is 0 Å². The van der Waals surface area contributed by atoms with Crippen molar-refractivity contribution >= 4 is 45.3 Å². The fraction of sp³-hybridized carbons (Fsp3) is 0.190. The fourth-order valence-corrected chi connectivity index (χ4v) is 3.64. The van der Waals surface area contributed by atoms with E-state index in [9.17, 15) is 9.59 Å². The van der Waals surface area contributed by atoms with Gasteiger partial charge in [-0.05, 0) is 36.8 Å². The zero-order valence-corrected chi connectivity index (χ0v) is 18.4. The summed E-state index contributed by atoms with van der Waals surface area (Å²) in [6.45, 7) is 1.97. The molecule has 1 unspecified atom stereocenters. The number of rotatable bonds is 7. The van der Waals surface area contributed by atoms with Gasteiger partial charge in [0.05, 0.1) is 30.8 Å². The highest BCUT2D eigenvalue weighted by Crippen LogP contribution is 2.24. The van der Waals surface area contributed by atoms with Gasteiger partial charge in [-0.3, -0.25) is 9.48 Å². The molecule has 0 radical (unpaired) electrons. The Bertz CT molecular complexity index is 990. The Morgan fingerprint density at radius 3 is 2.52 bits per heavy atom. The Morgan fingerprint density at radius 2 is 1.86 bits per heavy atom. The van der Waals surface area contributed by atoms with Crippen LogP contribution in [0.4, 0.5) is 5.69 Å². The van der Waals surface area contributed by atoms with E-state index in [1.54, 1.807) is 10.9 Å². The van der Waals surface area contributed by atoms with E-state index in [0.717, 1.165) is 14.9 Å². The molecule has 0 bridgehead atoms. The maximum absolute atomic E-state index is 12.4. The number of nitrogens with one attached hydrogen (secondary N) is 1. The predicted molar refractivity (Wildman–Crippen MR) is 117 cm³/mol. The predicted octanol–water partition coefficient (Wildman–Crippen LogP) is 4.77. The highest BCUT2D eigenvalue weighted by atomic mass is 79.9. The average molecular weight is 474 g/mol. The highest BCUT2D eigenvalue weighted by molar-refractivity contribution is 9.10. The van der Waals surface area contributed by atoms with Crippen LogP contribution in [0.25, 0.3) is 0 Å². The van der Waals surface area contributed by atoms with Crippen molar-refractivity contribution in [3.05, 3.63) is 76.5 Å². The average Bonchev–Trinajstić information content (AvgIpc) is 3.16. The molecule has 0 aliphatic heterocycles. The van der Waals surface area contributed by atoms with Gasteiger partial charge in [-0.15, -0.1) is 11.8 Å². The molecule has 0 spiro atoms. The summed E-state index contributed by atoms with van der Waals surface area (Å²) < 4.78 is 7.45. The van der Waals surface area contributed by atoms with Gasteiger partial charge in [-0.1, -0.05) is 46.3 Å². The summed E-state index contributed by atoms with van der Waals surface area (Å²) in [5.41, 5.74) is 1.45. The van der Waals surface area contributed by atoms with Gasteiger partial charge in [-0.2, -0.15) is 5.10 Å². The summed E-state index contributed by atoms with van der Waals surface area (Å²) in [7, 11) is 1.29. The van der Waals surface area contributed by atoms with E-state index < -0.39 is 5.97 Å². The van der Waals surface area contributed by atoms with Crippen molar-refractivity contribution in [3.63, 3.8) is 0 Å². The van der Waals surface area contributed by atoms with Crippen LogP contribution in [0.1, 0.15) is 29.0 Å². The van der Waals surface area contributed by atoms with Crippen LogP contribution in [0.2, 0.25) is 0 Å². The third-order valence-electron chi connectivity index (χ3n) is 4.25. The third-order valence-corrected chi connectivity index (χ3v) is 5.79. The normalized spacial score (nSPS) is 11.7. The van der Waals surface area contributed by atoms with Crippen LogP contribution in [-0.4, -0.2) is 34.5 Å². The molecule has 1 aromatic heterocycles. The topological polar surface area (TPSA) is 73.2 Å². The molecule has 1 amide bonds. The van der Waals surface area contributed by atoms with Crippen molar-refractivity contribution < 1.29 is 14.3 Å². The number of hydrogen-bond acceptors (Lipinski definition) is 5. The summed E-state index contributed by atoms with van der Waals surface area (Å²) in [6.07, 6.45) is 1.66. The number of methoxy groups -OCH3 is 1. The van der Waals surface area contributed by atoms with E-state index in [4.69, 9.17) is 4.74 Å². The molecule has 3 rings (SSSR count). The first kappa shape index (κ1) is 21.1. The molecule has 3 aromatic rings. The second kappa shape index (κ2) is 9.76. The number of amides is 1. The molecule has 29 heavy (non-hydrogen) atoms. The Kier molecular flexibility index (Phi) is 7.11. The number of halogens is 1. The number of thioether (sulfide) groups is 1. The van der Waals surface area contributed by atoms with Gasteiger partial charge in [0.2, 0.25) is 5.91 Å². The Labute approximate surface area is 181 Å². The van der Waals surface area contributed by atoms with Crippen LogP contribution >= 0.6 is 27.7 Å². The standard InChI is InChI=1S/C21H20BrN3O3S/c1-14(15-6-4-3-5-7-15)25-12-18(20(24-25)21(27)28-2)23-19(26)13-29-17-10-8-16(22)9-11-17/h3-12,14H,13H2,1-2H3,(H,23,26). The van der Waals surface area contributed by atoms with Crippen molar-refractivity contribution in [3.8, 4) is 0 Å². The number of esters is 1. The molecule has 1 atom stereocenters. The van der Waals surface area contributed by atoms with Gasteiger partial charge in [-0.25, -0.2) is 4.79 Å². The van der Waals surface area contributed by atoms with E-state index in [1.807, 2.05) is 61.5 Å². The summed E-state index contributed by atoms with van der Waals surface area (Å²) in [4.78, 5) is 25.6. The molecule has 1 heterocycles. The minimum Gasteiger partial charge on any atom is -0.464 e. The van der Waals surface area contributed by atoms with E-state index in [2.05, 4.69) is 26.3 Å². The maximum Gasteiger partial charge on any atom is 0.360 e.